The van der Waals surface area contributed by atoms with Crippen molar-refractivity contribution in [2.45, 2.75) is 37.9 Å². The van der Waals surface area contributed by atoms with E-state index in [1.165, 1.54) is 12.1 Å². The number of nitrogens with zero attached hydrogens (tertiary/aromatic N) is 1. The molecule has 5 nitrogen and oxygen atoms in total. The third-order valence-corrected chi connectivity index (χ3v) is 4.54. The van der Waals surface area contributed by atoms with Crippen molar-refractivity contribution >= 4 is 17.6 Å². The van der Waals surface area contributed by atoms with Gasteiger partial charge in [-0.05, 0) is 49.9 Å². The number of carbonyl (C=O) groups excluding carboxylic acids is 2. The van der Waals surface area contributed by atoms with Gasteiger partial charge in [0.05, 0.1) is 5.56 Å². The van der Waals surface area contributed by atoms with Crippen LogP contribution in [0.15, 0.2) is 24.3 Å². The van der Waals surface area contributed by atoms with E-state index in [-0.39, 0.29) is 17.9 Å². The fourth-order valence-electron chi connectivity index (χ4n) is 2.84. The summed E-state index contributed by atoms with van der Waals surface area (Å²) < 4.78 is 37.6. The minimum absolute atomic E-state index is 0.0605. The summed E-state index contributed by atoms with van der Waals surface area (Å²) in [6.45, 7) is 0.907. The van der Waals surface area contributed by atoms with E-state index in [0.717, 1.165) is 25.0 Å². The van der Waals surface area contributed by atoms with Crippen LogP contribution < -0.4 is 10.6 Å². The maximum atomic E-state index is 12.5. The van der Waals surface area contributed by atoms with Gasteiger partial charge < -0.3 is 15.5 Å². The summed E-state index contributed by atoms with van der Waals surface area (Å²) in [6, 6.07) is 4.30. The Labute approximate surface area is 143 Å². The van der Waals surface area contributed by atoms with E-state index in [9.17, 15) is 22.8 Å². The Morgan fingerprint density at radius 2 is 1.60 bits per heavy atom. The van der Waals surface area contributed by atoms with Gasteiger partial charge in [-0.1, -0.05) is 0 Å². The van der Waals surface area contributed by atoms with Crippen LogP contribution in [0.25, 0.3) is 0 Å². The van der Waals surface area contributed by atoms with Crippen molar-refractivity contribution in [2.75, 3.05) is 18.4 Å². The molecule has 1 aromatic rings. The zero-order valence-electron chi connectivity index (χ0n) is 13.6. The van der Waals surface area contributed by atoms with E-state index in [1.807, 2.05) is 0 Å². The van der Waals surface area contributed by atoms with Crippen LogP contribution in [-0.2, 0) is 11.0 Å². The normalized spacial score (nSPS) is 18.8. The first-order valence-corrected chi connectivity index (χ1v) is 8.36. The summed E-state index contributed by atoms with van der Waals surface area (Å²) in [6.07, 6.45) is -1.12. The topological polar surface area (TPSA) is 61.4 Å². The van der Waals surface area contributed by atoms with Gasteiger partial charge in [-0.3, -0.25) is 4.79 Å². The Hall–Kier alpha value is -2.25. The molecule has 0 atom stereocenters. The quantitative estimate of drug-likeness (QED) is 0.875. The van der Waals surface area contributed by atoms with Crippen molar-refractivity contribution in [2.24, 2.45) is 5.92 Å². The van der Waals surface area contributed by atoms with Crippen LogP contribution in [-0.4, -0.2) is 36.0 Å². The fraction of sp³-hybridized carbons (Fsp3) is 0.529. The summed E-state index contributed by atoms with van der Waals surface area (Å²) in [5, 5.41) is 5.57. The van der Waals surface area contributed by atoms with Crippen molar-refractivity contribution in [1.82, 2.24) is 10.2 Å². The lowest BCUT2D eigenvalue weighted by Crippen LogP contribution is -2.44. The van der Waals surface area contributed by atoms with Gasteiger partial charge in [0.15, 0.2) is 0 Å². The van der Waals surface area contributed by atoms with Gasteiger partial charge in [0.25, 0.3) is 0 Å². The van der Waals surface area contributed by atoms with Crippen LogP contribution in [0.2, 0.25) is 0 Å². The standard InChI is InChI=1S/C17H20F3N3O2/c18-17(19,20)12-1-3-14(4-2-12)22-16(25)23-9-7-11(8-10-23)15(24)21-13-5-6-13/h1-4,11,13H,5-10H2,(H,21,24)(H,22,25). The molecule has 136 valence electrons. The fourth-order valence-corrected chi connectivity index (χ4v) is 2.84. The minimum atomic E-state index is -4.40. The molecule has 1 aliphatic heterocycles. The van der Waals surface area contributed by atoms with Gasteiger partial charge in [0.2, 0.25) is 5.91 Å². The maximum absolute atomic E-state index is 12.5. The number of hydrogen-bond donors (Lipinski definition) is 2. The second kappa shape index (κ2) is 6.93. The van der Waals surface area contributed by atoms with Crippen LogP contribution >= 0.6 is 0 Å². The molecule has 1 aliphatic carbocycles. The molecular weight excluding hydrogens is 335 g/mol. The van der Waals surface area contributed by atoms with E-state index in [1.54, 1.807) is 4.90 Å². The van der Waals surface area contributed by atoms with Gasteiger partial charge in [-0.25, -0.2) is 4.79 Å². The molecule has 3 rings (SSSR count). The number of halogens is 3. The monoisotopic (exact) mass is 355 g/mol. The smallest absolute Gasteiger partial charge is 0.353 e. The van der Waals surface area contributed by atoms with E-state index in [0.29, 0.717) is 37.7 Å². The zero-order chi connectivity index (χ0) is 18.0. The lowest BCUT2D eigenvalue weighted by Gasteiger charge is -2.31. The molecule has 2 fully saturated rings. The molecule has 0 radical (unpaired) electrons. The molecule has 1 saturated carbocycles. The van der Waals surface area contributed by atoms with Gasteiger partial charge in [0.1, 0.15) is 0 Å². The first kappa shape index (κ1) is 17.6. The van der Waals surface area contributed by atoms with E-state index in [2.05, 4.69) is 10.6 Å². The summed E-state index contributed by atoms with van der Waals surface area (Å²) in [7, 11) is 0. The van der Waals surface area contributed by atoms with Gasteiger partial charge in [-0.15, -0.1) is 0 Å². The number of urea groups is 1. The molecular formula is C17H20F3N3O2. The molecule has 0 unspecified atom stereocenters. The lowest BCUT2D eigenvalue weighted by molar-refractivity contribution is -0.137. The summed E-state index contributed by atoms with van der Waals surface area (Å²) >= 11 is 0. The van der Waals surface area contributed by atoms with Crippen LogP contribution in [0.3, 0.4) is 0 Å². The summed E-state index contributed by atoms with van der Waals surface area (Å²) in [5.74, 6) is -0.0129. The highest BCUT2D eigenvalue weighted by atomic mass is 19.4. The van der Waals surface area contributed by atoms with Crippen molar-refractivity contribution in [1.29, 1.82) is 0 Å². The number of alkyl halides is 3. The number of amides is 3. The summed E-state index contributed by atoms with van der Waals surface area (Å²) in [5.41, 5.74) is -0.445. The largest absolute Gasteiger partial charge is 0.416 e. The Morgan fingerprint density at radius 3 is 2.12 bits per heavy atom. The first-order valence-electron chi connectivity index (χ1n) is 8.36. The minimum Gasteiger partial charge on any atom is -0.353 e. The summed E-state index contributed by atoms with van der Waals surface area (Å²) in [4.78, 5) is 25.8. The second-order valence-corrected chi connectivity index (χ2v) is 6.55. The van der Waals surface area contributed by atoms with Crippen molar-refractivity contribution in [3.05, 3.63) is 29.8 Å². The predicted octanol–water partition coefficient (Wildman–Crippen LogP) is 3.23. The SMILES string of the molecule is O=C(NC1CC1)C1CCN(C(=O)Nc2ccc(C(F)(F)F)cc2)CC1. The van der Waals surface area contributed by atoms with Gasteiger partial charge in [0, 0.05) is 30.7 Å². The third-order valence-electron chi connectivity index (χ3n) is 4.54. The number of carbonyl (C=O) groups is 2. The van der Waals surface area contributed by atoms with Gasteiger partial charge in [-0.2, -0.15) is 13.2 Å². The molecule has 0 aromatic heterocycles. The highest BCUT2D eigenvalue weighted by Gasteiger charge is 2.32. The second-order valence-electron chi connectivity index (χ2n) is 6.55. The van der Waals surface area contributed by atoms with Crippen LogP contribution in [0.4, 0.5) is 23.7 Å². The Balaban J connectivity index is 1.48. The van der Waals surface area contributed by atoms with Crippen molar-refractivity contribution in [3.8, 4) is 0 Å². The van der Waals surface area contributed by atoms with E-state index >= 15 is 0 Å². The molecule has 0 bridgehead atoms. The molecule has 1 aromatic carbocycles. The number of nitrogens with one attached hydrogen (secondary N) is 2. The average Bonchev–Trinajstić information content (AvgIpc) is 3.38. The average molecular weight is 355 g/mol. The van der Waals surface area contributed by atoms with Crippen molar-refractivity contribution < 1.29 is 22.8 Å². The van der Waals surface area contributed by atoms with Crippen LogP contribution in [0.1, 0.15) is 31.2 Å². The van der Waals surface area contributed by atoms with Crippen LogP contribution in [0.5, 0.6) is 0 Å². The molecule has 0 spiro atoms. The van der Waals surface area contributed by atoms with E-state index < -0.39 is 11.7 Å². The highest BCUT2D eigenvalue weighted by Crippen LogP contribution is 2.30. The molecule has 3 amide bonds. The van der Waals surface area contributed by atoms with Crippen molar-refractivity contribution in [3.63, 3.8) is 0 Å². The third kappa shape index (κ3) is 4.64. The number of benzene rings is 1. The molecule has 1 heterocycles. The maximum Gasteiger partial charge on any atom is 0.416 e. The first-order chi connectivity index (χ1) is 11.8. The number of anilines is 1. The predicted molar refractivity (Wildman–Crippen MR) is 85.9 cm³/mol. The molecule has 2 aliphatic rings. The molecule has 2 N–H and O–H groups in total. The molecule has 1 saturated heterocycles. The lowest BCUT2D eigenvalue weighted by atomic mass is 9.96. The Kier molecular flexibility index (Phi) is 4.87. The van der Waals surface area contributed by atoms with Crippen LogP contribution in [0, 0.1) is 5.92 Å². The molecule has 25 heavy (non-hydrogen) atoms. The highest BCUT2D eigenvalue weighted by molar-refractivity contribution is 5.89. The number of rotatable bonds is 3. The Bertz CT molecular complexity index is 634. The number of piperidine rings is 1. The number of likely N-dealkylation sites (tertiary alicyclic amines) is 1. The molecule has 8 heteroatoms. The van der Waals surface area contributed by atoms with E-state index in [4.69, 9.17) is 0 Å². The zero-order valence-corrected chi connectivity index (χ0v) is 13.6. The number of hydrogen-bond acceptors (Lipinski definition) is 2. The van der Waals surface area contributed by atoms with Gasteiger partial charge >= 0.3 is 12.2 Å². The Morgan fingerprint density at radius 1 is 1.00 bits per heavy atom.